The van der Waals surface area contributed by atoms with Gasteiger partial charge in [-0.05, 0) is 80.0 Å². The number of ketones is 1. The predicted octanol–water partition coefficient (Wildman–Crippen LogP) is 7.44. The molecule has 0 aromatic heterocycles. The molecule has 5 rings (SSSR count). The van der Waals surface area contributed by atoms with Gasteiger partial charge in [0, 0.05) is 17.7 Å². The minimum absolute atomic E-state index is 0.0773. The van der Waals surface area contributed by atoms with Gasteiger partial charge in [0.1, 0.15) is 18.2 Å². The number of anilines is 1. The van der Waals surface area contributed by atoms with E-state index in [0.717, 1.165) is 45.0 Å². The topological polar surface area (TPSA) is 79.3 Å². The van der Waals surface area contributed by atoms with E-state index in [4.69, 9.17) is 10.5 Å². The van der Waals surface area contributed by atoms with Gasteiger partial charge in [-0.3, -0.25) is 9.69 Å². The molecule has 204 valence electrons. The number of nitrogens with two attached hydrogens (primary N) is 1. The van der Waals surface area contributed by atoms with Gasteiger partial charge in [-0.2, -0.15) is 5.26 Å². The summed E-state index contributed by atoms with van der Waals surface area (Å²) in [6.45, 7) is 12.8. The van der Waals surface area contributed by atoms with Gasteiger partial charge in [-0.15, -0.1) is 0 Å². The molecule has 0 bridgehead atoms. The molecule has 40 heavy (non-hydrogen) atoms. The number of nitriles is 1. The van der Waals surface area contributed by atoms with Crippen molar-refractivity contribution < 1.29 is 9.53 Å². The van der Waals surface area contributed by atoms with E-state index in [-0.39, 0.29) is 11.2 Å². The minimum Gasteiger partial charge on any atom is -0.489 e. The van der Waals surface area contributed by atoms with Crippen LogP contribution < -0.4 is 15.4 Å². The van der Waals surface area contributed by atoms with Gasteiger partial charge in [0.15, 0.2) is 5.78 Å². The SMILES string of the molecule is Cc1ccc(OCc2cc(C)cc(C3C(C#N)=C(N)N(c4ccccc4C)C4=C3C(=O)CC(C)(C)C4)c2C)cc1. The molecular formula is C35H37N3O2. The summed E-state index contributed by atoms with van der Waals surface area (Å²) in [7, 11) is 0. The number of Topliss-reactive ketones (excluding diaryl/α,β-unsaturated/α-hetero) is 1. The van der Waals surface area contributed by atoms with Crippen molar-refractivity contribution in [3.05, 3.63) is 117 Å². The number of nitrogens with zero attached hydrogens (tertiary/aromatic N) is 2. The highest BCUT2D eigenvalue weighted by atomic mass is 16.5. The van der Waals surface area contributed by atoms with E-state index < -0.39 is 5.92 Å². The first-order valence-corrected chi connectivity index (χ1v) is 13.8. The Morgan fingerprint density at radius 2 is 1.70 bits per heavy atom. The molecule has 3 aromatic rings. The van der Waals surface area contributed by atoms with Crippen molar-refractivity contribution in [1.82, 2.24) is 0 Å². The third-order valence-electron chi connectivity index (χ3n) is 8.16. The second kappa shape index (κ2) is 10.4. The molecule has 3 aromatic carbocycles. The molecule has 5 nitrogen and oxygen atoms in total. The number of hydrogen-bond acceptors (Lipinski definition) is 5. The van der Waals surface area contributed by atoms with Gasteiger partial charge in [-0.25, -0.2) is 0 Å². The second-order valence-electron chi connectivity index (χ2n) is 12.0. The molecule has 2 N–H and O–H groups in total. The Kier molecular flexibility index (Phi) is 7.06. The van der Waals surface area contributed by atoms with Crippen molar-refractivity contribution in [2.75, 3.05) is 4.90 Å². The molecule has 1 heterocycles. The average Bonchev–Trinajstić information content (AvgIpc) is 2.89. The molecule has 0 spiro atoms. The zero-order valence-corrected chi connectivity index (χ0v) is 24.3. The summed E-state index contributed by atoms with van der Waals surface area (Å²) in [6.07, 6.45) is 1.11. The number of carbonyl (C=O) groups excluding carboxylic acids is 1. The Balaban J connectivity index is 1.67. The van der Waals surface area contributed by atoms with Crippen molar-refractivity contribution in [3.63, 3.8) is 0 Å². The van der Waals surface area contributed by atoms with Crippen molar-refractivity contribution in [2.24, 2.45) is 11.1 Å². The lowest BCUT2D eigenvalue weighted by molar-refractivity contribution is -0.118. The Labute approximate surface area is 237 Å². The number of ether oxygens (including phenoxy) is 1. The largest absolute Gasteiger partial charge is 0.489 e. The maximum atomic E-state index is 14.0. The zero-order chi connectivity index (χ0) is 28.8. The van der Waals surface area contributed by atoms with E-state index in [1.54, 1.807) is 0 Å². The van der Waals surface area contributed by atoms with E-state index >= 15 is 0 Å². The highest BCUT2D eigenvalue weighted by Gasteiger charge is 2.45. The quantitative estimate of drug-likeness (QED) is 0.370. The van der Waals surface area contributed by atoms with Gasteiger partial charge in [0.05, 0.1) is 23.2 Å². The van der Waals surface area contributed by atoms with Crippen LogP contribution in [0.4, 0.5) is 5.69 Å². The van der Waals surface area contributed by atoms with Gasteiger partial charge in [0.2, 0.25) is 0 Å². The van der Waals surface area contributed by atoms with Crippen LogP contribution in [0, 0.1) is 44.4 Å². The normalized spacial score (nSPS) is 18.5. The van der Waals surface area contributed by atoms with Gasteiger partial charge in [-0.1, -0.05) is 67.4 Å². The van der Waals surface area contributed by atoms with Gasteiger partial charge in [0.25, 0.3) is 0 Å². The van der Waals surface area contributed by atoms with E-state index in [9.17, 15) is 10.1 Å². The minimum atomic E-state index is -0.526. The highest BCUT2D eigenvalue weighted by molar-refractivity contribution is 6.02. The van der Waals surface area contributed by atoms with Crippen molar-refractivity contribution in [1.29, 1.82) is 5.26 Å². The standard InChI is InChI=1S/C35H37N3O2/c1-21-11-13-26(14-12-21)40-20-25-15-22(2)16-27(24(25)4)32-28(19-36)34(37)38(29-10-8-7-9-23(29)3)30-17-35(5,6)18-31(39)33(30)32/h7-16,32H,17-18,20,37H2,1-6H3. The number of aryl methyl sites for hydroxylation is 3. The predicted molar refractivity (Wildman–Crippen MR) is 160 cm³/mol. The molecule has 1 aliphatic heterocycles. The van der Waals surface area contributed by atoms with E-state index in [0.29, 0.717) is 36.4 Å². The monoisotopic (exact) mass is 531 g/mol. The number of carbonyl (C=O) groups is 1. The third kappa shape index (κ3) is 4.91. The van der Waals surface area contributed by atoms with Crippen molar-refractivity contribution in [3.8, 4) is 11.8 Å². The highest BCUT2D eigenvalue weighted by Crippen LogP contribution is 2.51. The van der Waals surface area contributed by atoms with Crippen LogP contribution in [0.3, 0.4) is 0 Å². The molecule has 0 radical (unpaired) electrons. The first-order valence-electron chi connectivity index (χ1n) is 13.8. The summed E-state index contributed by atoms with van der Waals surface area (Å²) < 4.78 is 6.15. The van der Waals surface area contributed by atoms with Crippen LogP contribution in [0.5, 0.6) is 5.75 Å². The lowest BCUT2D eigenvalue weighted by Gasteiger charge is -2.44. The molecule has 0 saturated carbocycles. The summed E-state index contributed by atoms with van der Waals surface area (Å²) in [5.74, 6) is 0.746. The first-order chi connectivity index (χ1) is 19.0. The van der Waals surface area contributed by atoms with Gasteiger partial charge < -0.3 is 10.5 Å². The average molecular weight is 532 g/mol. The van der Waals surface area contributed by atoms with Crippen LogP contribution in [-0.4, -0.2) is 5.78 Å². The second-order valence-corrected chi connectivity index (χ2v) is 12.0. The molecule has 0 amide bonds. The molecule has 1 aliphatic carbocycles. The molecule has 0 saturated heterocycles. The maximum absolute atomic E-state index is 14.0. The third-order valence-corrected chi connectivity index (χ3v) is 8.16. The number of rotatable bonds is 5. The Morgan fingerprint density at radius 1 is 1.00 bits per heavy atom. The Hall–Kier alpha value is -4.30. The van der Waals surface area contributed by atoms with Crippen LogP contribution >= 0.6 is 0 Å². The van der Waals surface area contributed by atoms with Gasteiger partial charge >= 0.3 is 0 Å². The van der Waals surface area contributed by atoms with E-state index in [2.05, 4.69) is 39.0 Å². The molecule has 0 fully saturated rings. The molecule has 1 atom stereocenters. The zero-order valence-electron chi connectivity index (χ0n) is 24.3. The summed E-state index contributed by atoms with van der Waals surface area (Å²) in [4.78, 5) is 16.0. The smallest absolute Gasteiger partial charge is 0.162 e. The number of hydrogen-bond donors (Lipinski definition) is 1. The number of benzene rings is 3. The maximum Gasteiger partial charge on any atom is 0.162 e. The van der Waals surface area contributed by atoms with Crippen molar-refractivity contribution >= 4 is 11.5 Å². The summed E-state index contributed by atoms with van der Waals surface area (Å²) in [5, 5.41) is 10.5. The summed E-state index contributed by atoms with van der Waals surface area (Å²) in [5.41, 5.74) is 15.8. The summed E-state index contributed by atoms with van der Waals surface area (Å²) >= 11 is 0. The Bertz CT molecular complexity index is 1600. The molecule has 1 unspecified atom stereocenters. The van der Waals surface area contributed by atoms with Crippen LogP contribution in [0.2, 0.25) is 0 Å². The fourth-order valence-electron chi connectivity index (χ4n) is 6.12. The van der Waals surface area contributed by atoms with Crippen LogP contribution in [-0.2, 0) is 11.4 Å². The fourth-order valence-corrected chi connectivity index (χ4v) is 6.12. The molecular weight excluding hydrogens is 494 g/mol. The van der Waals surface area contributed by atoms with E-state index in [1.165, 1.54) is 5.56 Å². The fraction of sp³-hybridized carbons (Fsp3) is 0.314. The van der Waals surface area contributed by atoms with Crippen LogP contribution in [0.15, 0.2) is 83.3 Å². The first kappa shape index (κ1) is 27.3. The van der Waals surface area contributed by atoms with Crippen LogP contribution in [0.1, 0.15) is 66.0 Å². The van der Waals surface area contributed by atoms with E-state index in [1.807, 2.05) is 74.2 Å². The van der Waals surface area contributed by atoms with Crippen LogP contribution in [0.25, 0.3) is 0 Å². The lowest BCUT2D eigenvalue weighted by Crippen LogP contribution is -2.42. The van der Waals surface area contributed by atoms with Crippen molar-refractivity contribution in [2.45, 2.75) is 66.9 Å². The number of allylic oxidation sites excluding steroid dienone is 3. The molecule has 2 aliphatic rings. The lowest BCUT2D eigenvalue weighted by atomic mass is 9.67. The Morgan fingerprint density at radius 3 is 2.38 bits per heavy atom. The number of para-hydroxylation sites is 1. The summed E-state index contributed by atoms with van der Waals surface area (Å²) in [6, 6.07) is 22.6. The molecule has 5 heteroatoms.